The third-order valence-corrected chi connectivity index (χ3v) is 13.7. The van der Waals surface area contributed by atoms with E-state index in [9.17, 15) is 46.2 Å². The Hall–Kier alpha value is -5.50. The Labute approximate surface area is 388 Å². The van der Waals surface area contributed by atoms with Gasteiger partial charge in [-0.3, -0.25) is 19.2 Å². The quantitative estimate of drug-likeness (QED) is 0.0482. The van der Waals surface area contributed by atoms with E-state index in [4.69, 9.17) is 0 Å². The molecule has 4 aromatic rings. The van der Waals surface area contributed by atoms with E-state index in [2.05, 4.69) is 30.7 Å². The Bertz CT molecular complexity index is 2230. The highest BCUT2D eigenvalue weighted by atomic mass is 32.2. The fourth-order valence-electron chi connectivity index (χ4n) is 7.21. The Kier molecular flexibility index (Phi) is 20.0. The van der Waals surface area contributed by atoms with Crippen molar-refractivity contribution in [1.82, 2.24) is 30.7 Å². The molecule has 0 radical (unpaired) electrons. The smallest absolute Gasteiger partial charge is 0.243 e. The highest BCUT2D eigenvalue weighted by Gasteiger charge is 2.38. The SMILES string of the molecule is CC(C)[C@H](NC(=O)[C@H](C)NS(=O)(=O)Cc1ccccc1)C(=O)N[C@@H](Cc1ccccc1)C(O)C(O)[C@H](Cc1ccccc1)NC(=O)[C@@H](NC(=O)[C@H](C)NS(=O)(=O)Cc1ccccc1)C(C)C. The van der Waals surface area contributed by atoms with Crippen molar-refractivity contribution in [2.75, 3.05) is 0 Å². The first-order chi connectivity index (χ1) is 31.1. The van der Waals surface area contributed by atoms with E-state index in [0.717, 1.165) is 0 Å². The van der Waals surface area contributed by atoms with E-state index < -0.39 is 104 Å². The molecule has 18 heteroatoms. The van der Waals surface area contributed by atoms with Crippen LogP contribution in [0.15, 0.2) is 121 Å². The molecule has 0 aliphatic carbocycles. The van der Waals surface area contributed by atoms with E-state index in [1.165, 1.54) is 13.8 Å². The van der Waals surface area contributed by atoms with Crippen molar-refractivity contribution >= 4 is 43.7 Å². The van der Waals surface area contributed by atoms with E-state index in [0.29, 0.717) is 22.3 Å². The number of nitrogens with one attached hydrogen (secondary N) is 6. The Balaban J connectivity index is 1.54. The number of amides is 4. The fraction of sp³-hybridized carbons (Fsp3) is 0.417. The van der Waals surface area contributed by atoms with Crippen molar-refractivity contribution in [3.05, 3.63) is 144 Å². The molecule has 0 aliphatic rings. The van der Waals surface area contributed by atoms with Crippen LogP contribution in [-0.2, 0) is 63.6 Å². The van der Waals surface area contributed by atoms with Crippen molar-refractivity contribution in [2.45, 2.75) is 114 Å². The molecule has 0 bridgehead atoms. The molecular weight excluding hydrogens is 885 g/mol. The van der Waals surface area contributed by atoms with E-state index in [1.54, 1.807) is 149 Å². The number of hydrogen-bond acceptors (Lipinski definition) is 10. The van der Waals surface area contributed by atoms with Crippen LogP contribution < -0.4 is 30.7 Å². The average molecular weight is 949 g/mol. The summed E-state index contributed by atoms with van der Waals surface area (Å²) in [7, 11) is -7.91. The van der Waals surface area contributed by atoms with Crippen LogP contribution in [-0.4, -0.2) is 99.1 Å². The van der Waals surface area contributed by atoms with Gasteiger partial charge in [0.05, 0.1) is 35.7 Å². The number of benzene rings is 4. The first kappa shape index (κ1) is 53.1. The van der Waals surface area contributed by atoms with Crippen molar-refractivity contribution in [3.63, 3.8) is 0 Å². The lowest BCUT2D eigenvalue weighted by atomic mass is 9.90. The zero-order valence-corrected chi connectivity index (χ0v) is 39.8. The minimum absolute atomic E-state index is 0.00794. The predicted octanol–water partition coefficient (Wildman–Crippen LogP) is 2.46. The third kappa shape index (κ3) is 17.1. The van der Waals surface area contributed by atoms with Crippen LogP contribution in [0.2, 0.25) is 0 Å². The largest absolute Gasteiger partial charge is 0.388 e. The Morgan fingerprint density at radius 2 is 0.697 bits per heavy atom. The molecule has 358 valence electrons. The van der Waals surface area contributed by atoms with Crippen LogP contribution in [0.1, 0.15) is 63.8 Å². The van der Waals surface area contributed by atoms with Gasteiger partial charge in [-0.05, 0) is 60.8 Å². The zero-order chi connectivity index (χ0) is 48.6. The summed E-state index contributed by atoms with van der Waals surface area (Å²) in [5, 5.41) is 35.0. The van der Waals surface area contributed by atoms with Crippen molar-refractivity contribution in [3.8, 4) is 0 Å². The van der Waals surface area contributed by atoms with Gasteiger partial charge in [-0.15, -0.1) is 0 Å². The average Bonchev–Trinajstić information content (AvgIpc) is 3.26. The molecule has 66 heavy (non-hydrogen) atoms. The standard InChI is InChI=1S/C48H64N6O10S2/c1-31(2)41(51-45(57)33(5)53-65(61,62)29-37-23-15-9-16-24-37)47(59)49-39(27-35-19-11-7-12-20-35)43(55)44(56)40(28-36-21-13-8-14-22-36)50-48(60)42(32(3)4)52-46(58)34(6)54-66(63,64)30-38-25-17-10-18-26-38/h7-26,31-34,39-44,53-56H,27-30H2,1-6H3,(H,49,59)(H,50,60)(H,51,57)(H,52,58)/t33-,34-,39-,40-,41-,42-,43?,44?/m0/s1. The third-order valence-electron chi connectivity index (χ3n) is 10.8. The van der Waals surface area contributed by atoms with Gasteiger partial charge in [0.2, 0.25) is 43.7 Å². The van der Waals surface area contributed by atoms with Gasteiger partial charge in [-0.25, -0.2) is 26.3 Å². The van der Waals surface area contributed by atoms with Gasteiger partial charge in [0.25, 0.3) is 0 Å². The summed E-state index contributed by atoms with van der Waals surface area (Å²) >= 11 is 0. The van der Waals surface area contributed by atoms with E-state index in [-0.39, 0.29) is 24.3 Å². The number of rotatable bonds is 25. The number of aliphatic hydroxyl groups excluding tert-OH is 2. The number of sulfonamides is 2. The maximum Gasteiger partial charge on any atom is 0.243 e. The van der Waals surface area contributed by atoms with Gasteiger partial charge in [0, 0.05) is 0 Å². The minimum atomic E-state index is -3.95. The normalized spacial score (nSPS) is 15.6. The molecule has 0 spiro atoms. The zero-order valence-electron chi connectivity index (χ0n) is 38.1. The molecule has 16 nitrogen and oxygen atoms in total. The second kappa shape index (κ2) is 24.9. The molecule has 0 saturated heterocycles. The van der Waals surface area contributed by atoms with Crippen LogP contribution >= 0.6 is 0 Å². The molecule has 2 unspecified atom stereocenters. The van der Waals surface area contributed by atoms with Crippen LogP contribution in [0.4, 0.5) is 0 Å². The lowest BCUT2D eigenvalue weighted by Gasteiger charge is -2.35. The lowest BCUT2D eigenvalue weighted by Crippen LogP contribution is -2.62. The van der Waals surface area contributed by atoms with Crippen molar-refractivity contribution < 1.29 is 46.2 Å². The topological polar surface area (TPSA) is 249 Å². The summed E-state index contributed by atoms with van der Waals surface area (Å²) in [6.45, 7) is 9.45. The minimum Gasteiger partial charge on any atom is -0.388 e. The summed E-state index contributed by atoms with van der Waals surface area (Å²) in [6, 6.07) is 27.3. The molecule has 0 aromatic heterocycles. The number of hydrogen-bond donors (Lipinski definition) is 8. The summed E-state index contributed by atoms with van der Waals surface area (Å²) in [5.41, 5.74) is 2.40. The second-order valence-corrected chi connectivity index (χ2v) is 20.7. The molecule has 0 heterocycles. The lowest BCUT2D eigenvalue weighted by molar-refractivity contribution is -0.133. The Morgan fingerprint density at radius 1 is 0.424 bits per heavy atom. The van der Waals surface area contributed by atoms with Crippen LogP contribution in [0.3, 0.4) is 0 Å². The highest BCUT2D eigenvalue weighted by molar-refractivity contribution is 7.89. The van der Waals surface area contributed by atoms with E-state index in [1.807, 2.05) is 0 Å². The molecule has 8 atom stereocenters. The van der Waals surface area contributed by atoms with Gasteiger partial charge in [-0.1, -0.05) is 149 Å². The number of aliphatic hydroxyl groups is 2. The summed E-state index contributed by atoms with van der Waals surface area (Å²) in [6.07, 6.45) is -3.45. The van der Waals surface area contributed by atoms with Crippen LogP contribution in [0.5, 0.6) is 0 Å². The maximum absolute atomic E-state index is 14.1. The Morgan fingerprint density at radius 3 is 0.970 bits per heavy atom. The highest BCUT2D eigenvalue weighted by Crippen LogP contribution is 2.17. The molecule has 4 aromatic carbocycles. The molecule has 0 aliphatic heterocycles. The monoisotopic (exact) mass is 948 g/mol. The second-order valence-electron chi connectivity index (χ2n) is 17.2. The van der Waals surface area contributed by atoms with E-state index >= 15 is 0 Å². The van der Waals surface area contributed by atoms with Gasteiger partial charge in [0.1, 0.15) is 24.3 Å². The summed E-state index contributed by atoms with van der Waals surface area (Å²) in [5.74, 6) is -4.73. The predicted molar refractivity (Wildman–Crippen MR) is 253 cm³/mol. The van der Waals surface area contributed by atoms with Crippen molar-refractivity contribution in [2.24, 2.45) is 11.8 Å². The molecule has 0 fully saturated rings. The van der Waals surface area contributed by atoms with Crippen molar-refractivity contribution in [1.29, 1.82) is 0 Å². The molecule has 4 amide bonds. The fourth-order valence-corrected chi connectivity index (χ4v) is 9.93. The van der Waals surface area contributed by atoms with Gasteiger partial charge < -0.3 is 31.5 Å². The van der Waals surface area contributed by atoms with Gasteiger partial charge >= 0.3 is 0 Å². The summed E-state index contributed by atoms with van der Waals surface area (Å²) < 4.78 is 56.4. The number of carbonyl (C=O) groups is 4. The first-order valence-corrected chi connectivity index (χ1v) is 25.2. The maximum atomic E-state index is 14.1. The van der Waals surface area contributed by atoms with Gasteiger partial charge in [-0.2, -0.15) is 0 Å². The van der Waals surface area contributed by atoms with Crippen LogP contribution in [0, 0.1) is 11.8 Å². The van der Waals surface area contributed by atoms with Crippen LogP contribution in [0.25, 0.3) is 0 Å². The summed E-state index contributed by atoms with van der Waals surface area (Å²) in [4.78, 5) is 55.1. The number of carbonyl (C=O) groups excluding carboxylic acids is 4. The molecule has 4 rings (SSSR count). The molecule has 8 N–H and O–H groups in total. The van der Waals surface area contributed by atoms with Gasteiger partial charge in [0.15, 0.2) is 0 Å². The molecule has 0 saturated carbocycles. The molecular formula is C48H64N6O10S2. The first-order valence-electron chi connectivity index (χ1n) is 21.9.